The Labute approximate surface area is 251 Å². The summed E-state index contributed by atoms with van der Waals surface area (Å²) in [7, 11) is 0. The maximum Gasteiger partial charge on any atom is 0.279 e. The van der Waals surface area contributed by atoms with Crippen LogP contribution in [0.5, 0.6) is 11.6 Å². The zero-order chi connectivity index (χ0) is 29.1. The third-order valence-electron chi connectivity index (χ3n) is 10.7. The van der Waals surface area contributed by atoms with Crippen LogP contribution in [0.4, 0.5) is 0 Å². The number of hydrogen-bond acceptors (Lipinski definition) is 8. The van der Waals surface area contributed by atoms with Gasteiger partial charge in [-0.25, -0.2) is 4.98 Å². The number of piperidine rings is 1. The fourth-order valence-corrected chi connectivity index (χ4v) is 8.46. The van der Waals surface area contributed by atoms with E-state index in [2.05, 4.69) is 28.5 Å². The molecule has 2 bridgehead atoms. The molecule has 2 aromatic heterocycles. The molecule has 224 valence electrons. The number of fused-ring (bicyclic) bond motifs is 7. The Hall–Kier alpha value is -3.53. The highest BCUT2D eigenvalue weighted by atomic mass is 16.5. The summed E-state index contributed by atoms with van der Waals surface area (Å²) in [5.74, 6) is 1.20. The van der Waals surface area contributed by atoms with Crippen molar-refractivity contribution in [2.75, 3.05) is 39.3 Å². The predicted octanol–water partition coefficient (Wildman–Crippen LogP) is 3.87. The fraction of sp³-hybridized carbons (Fsp3) is 0.500. The number of hydrogen-bond donors (Lipinski definition) is 3. The molecule has 3 N–H and O–H groups in total. The van der Waals surface area contributed by atoms with Crippen molar-refractivity contribution >= 4 is 21.5 Å². The van der Waals surface area contributed by atoms with Crippen LogP contribution < -0.4 is 20.9 Å². The minimum atomic E-state index is -0.222. The lowest BCUT2D eigenvalue weighted by atomic mass is 9.81. The fourth-order valence-electron chi connectivity index (χ4n) is 8.46. The van der Waals surface area contributed by atoms with Gasteiger partial charge in [-0.15, -0.1) is 0 Å². The van der Waals surface area contributed by atoms with Gasteiger partial charge in [-0.2, -0.15) is 9.78 Å². The van der Waals surface area contributed by atoms with Gasteiger partial charge in [0.05, 0.1) is 28.5 Å². The van der Waals surface area contributed by atoms with E-state index in [-0.39, 0.29) is 22.8 Å². The SMILES string of the molecule is CCc1cccc2cc(O)cc(-n3ncc4c(C5CC6CNCC5CN6)nc(OCC56CCCN5CCC6)cc4c3=O)c12. The monoisotopic (exact) mass is 580 g/mol. The lowest BCUT2D eigenvalue weighted by Gasteiger charge is -2.34. The van der Waals surface area contributed by atoms with E-state index in [0.717, 1.165) is 85.8 Å². The third kappa shape index (κ3) is 4.51. The molecular weight excluding hydrogens is 540 g/mol. The van der Waals surface area contributed by atoms with Crippen molar-refractivity contribution < 1.29 is 9.84 Å². The third-order valence-corrected chi connectivity index (χ3v) is 10.7. The van der Waals surface area contributed by atoms with Gasteiger partial charge in [0.1, 0.15) is 12.4 Å². The Morgan fingerprint density at radius 2 is 1.95 bits per heavy atom. The van der Waals surface area contributed by atoms with Gasteiger partial charge in [0.25, 0.3) is 5.56 Å². The molecule has 4 aromatic rings. The van der Waals surface area contributed by atoms with E-state index in [1.54, 1.807) is 18.3 Å². The van der Waals surface area contributed by atoms with Gasteiger partial charge in [-0.05, 0) is 81.1 Å². The van der Waals surface area contributed by atoms with E-state index in [1.807, 2.05) is 18.2 Å². The summed E-state index contributed by atoms with van der Waals surface area (Å²) < 4.78 is 8.03. The van der Waals surface area contributed by atoms with Crippen LogP contribution in [0.3, 0.4) is 0 Å². The quantitative estimate of drug-likeness (QED) is 0.316. The topological polar surface area (TPSA) is 105 Å². The summed E-state index contributed by atoms with van der Waals surface area (Å²) in [6.07, 6.45) is 8.28. The minimum absolute atomic E-state index is 0.0848. The number of phenolic OH excluding ortho intramolecular Hbond substituents is 1. The molecule has 0 saturated carbocycles. The van der Waals surface area contributed by atoms with Crippen LogP contribution in [0.2, 0.25) is 0 Å². The van der Waals surface area contributed by atoms with Crippen LogP contribution in [0, 0.1) is 5.92 Å². The smallest absolute Gasteiger partial charge is 0.279 e. The number of aryl methyl sites for hydroxylation is 1. The number of phenols is 1. The van der Waals surface area contributed by atoms with E-state index in [1.165, 1.54) is 17.5 Å². The lowest BCUT2D eigenvalue weighted by molar-refractivity contribution is 0.110. The first-order chi connectivity index (χ1) is 21.0. The summed E-state index contributed by atoms with van der Waals surface area (Å²) in [4.78, 5) is 22.2. The Morgan fingerprint density at radius 3 is 2.79 bits per heavy atom. The highest BCUT2D eigenvalue weighted by Gasteiger charge is 2.45. The Morgan fingerprint density at radius 1 is 1.09 bits per heavy atom. The van der Waals surface area contributed by atoms with Crippen LogP contribution in [0.25, 0.3) is 27.2 Å². The summed E-state index contributed by atoms with van der Waals surface area (Å²) in [6, 6.07) is 11.6. The van der Waals surface area contributed by atoms with Crippen LogP contribution >= 0.6 is 0 Å². The second-order valence-electron chi connectivity index (χ2n) is 13.1. The Kier molecular flexibility index (Phi) is 6.65. The molecule has 3 atom stereocenters. The molecule has 5 aliphatic rings. The first-order valence-electron chi connectivity index (χ1n) is 16.0. The summed E-state index contributed by atoms with van der Waals surface area (Å²) in [5.41, 5.74) is 2.48. The minimum Gasteiger partial charge on any atom is -0.508 e. The molecule has 0 spiro atoms. The Bertz CT molecular complexity index is 1760. The Balaban J connectivity index is 1.29. The van der Waals surface area contributed by atoms with E-state index in [0.29, 0.717) is 35.5 Å². The van der Waals surface area contributed by atoms with E-state index in [9.17, 15) is 9.90 Å². The number of nitrogens with zero attached hydrogens (tertiary/aromatic N) is 4. The highest BCUT2D eigenvalue weighted by Crippen LogP contribution is 2.41. The molecule has 5 saturated heterocycles. The first-order valence-corrected chi connectivity index (χ1v) is 16.0. The van der Waals surface area contributed by atoms with E-state index in [4.69, 9.17) is 14.8 Å². The van der Waals surface area contributed by atoms with Crippen molar-refractivity contribution in [3.8, 4) is 17.3 Å². The maximum atomic E-state index is 14.4. The zero-order valence-electron chi connectivity index (χ0n) is 24.8. The normalized spacial score (nSPS) is 24.9. The van der Waals surface area contributed by atoms with Gasteiger partial charge < -0.3 is 20.5 Å². The molecular formula is C34H40N6O3. The molecule has 9 nitrogen and oxygen atoms in total. The molecule has 7 heterocycles. The van der Waals surface area contributed by atoms with Gasteiger partial charge >= 0.3 is 0 Å². The van der Waals surface area contributed by atoms with Gasteiger partial charge in [-0.1, -0.05) is 25.1 Å². The summed E-state index contributed by atoms with van der Waals surface area (Å²) >= 11 is 0. The molecule has 43 heavy (non-hydrogen) atoms. The number of benzene rings is 2. The van der Waals surface area contributed by atoms with Crippen LogP contribution in [0.15, 0.2) is 47.4 Å². The van der Waals surface area contributed by atoms with Crippen LogP contribution in [-0.4, -0.2) is 75.7 Å². The van der Waals surface area contributed by atoms with Crippen LogP contribution in [-0.2, 0) is 6.42 Å². The van der Waals surface area contributed by atoms with Gasteiger partial charge in [-0.3, -0.25) is 9.69 Å². The average molecular weight is 581 g/mol. The van der Waals surface area contributed by atoms with E-state index < -0.39 is 0 Å². The molecule has 3 unspecified atom stereocenters. The van der Waals surface area contributed by atoms with Crippen molar-refractivity contribution in [2.24, 2.45) is 5.92 Å². The van der Waals surface area contributed by atoms with Crippen molar-refractivity contribution in [1.82, 2.24) is 30.3 Å². The van der Waals surface area contributed by atoms with Gasteiger partial charge in [0.15, 0.2) is 0 Å². The number of ether oxygens (including phenoxy) is 1. The molecule has 5 fully saturated rings. The van der Waals surface area contributed by atoms with Crippen molar-refractivity contribution in [3.63, 3.8) is 0 Å². The van der Waals surface area contributed by atoms with Crippen molar-refractivity contribution in [2.45, 2.75) is 62.9 Å². The summed E-state index contributed by atoms with van der Waals surface area (Å²) in [6.45, 7) is 7.76. The zero-order valence-corrected chi connectivity index (χ0v) is 24.8. The average Bonchev–Trinajstić information content (AvgIpc) is 3.44. The molecule has 0 aliphatic carbocycles. The number of nitrogens with one attached hydrogen (secondary N) is 2. The van der Waals surface area contributed by atoms with E-state index >= 15 is 0 Å². The second kappa shape index (κ2) is 10.6. The molecule has 2 aromatic carbocycles. The number of rotatable bonds is 6. The maximum absolute atomic E-state index is 14.4. The van der Waals surface area contributed by atoms with Crippen molar-refractivity contribution in [3.05, 3.63) is 64.2 Å². The van der Waals surface area contributed by atoms with Crippen molar-refractivity contribution in [1.29, 1.82) is 0 Å². The largest absolute Gasteiger partial charge is 0.508 e. The molecule has 0 radical (unpaired) electrons. The number of aromatic nitrogens is 3. The van der Waals surface area contributed by atoms with Gasteiger partial charge in [0, 0.05) is 48.0 Å². The first kappa shape index (κ1) is 27.0. The molecule has 9 heteroatoms. The van der Waals surface area contributed by atoms with Gasteiger partial charge in [0.2, 0.25) is 5.88 Å². The number of aromatic hydroxyl groups is 1. The lowest BCUT2D eigenvalue weighted by Crippen LogP contribution is -2.43. The summed E-state index contributed by atoms with van der Waals surface area (Å²) in [5, 5.41) is 25.8. The molecule has 9 rings (SSSR count). The molecule has 5 aliphatic heterocycles. The molecule has 0 amide bonds. The number of pyridine rings is 1. The van der Waals surface area contributed by atoms with Crippen LogP contribution in [0.1, 0.15) is 56.2 Å². The second-order valence-corrected chi connectivity index (χ2v) is 13.1. The standard InChI is InChI=1S/C34H40N6O3/c1-2-21-6-3-7-22-12-25(41)14-29(31(21)22)40-33(42)27-15-30(43-20-34-8-4-10-39(34)11-5-9-34)38-32(28(27)19-37-40)26-13-24-18-35-16-23(26)17-36-24/h3,6-7,12,14-15,19,23-24,26,35-36,41H,2,4-5,8-11,13,16-18,20H2,1H3. The highest BCUT2D eigenvalue weighted by molar-refractivity contribution is 5.95. The predicted molar refractivity (Wildman–Crippen MR) is 167 cm³/mol.